The molecule has 0 fully saturated rings. The second kappa shape index (κ2) is 2.66. The molecule has 0 saturated carbocycles. The molecule has 0 radical (unpaired) electrons. The van der Waals surface area contributed by atoms with Gasteiger partial charge in [0.05, 0.1) is 17.6 Å². The van der Waals surface area contributed by atoms with Crippen molar-refractivity contribution < 1.29 is 4.92 Å². The molecule has 2 heterocycles. The molecule has 2 aromatic rings. The van der Waals surface area contributed by atoms with Gasteiger partial charge in [0.15, 0.2) is 0 Å². The third-order valence-corrected chi connectivity index (χ3v) is 1.42. The number of rotatable bonds is 1. The van der Waals surface area contributed by atoms with Crippen molar-refractivity contribution in [1.82, 2.24) is 25.6 Å². The van der Waals surface area contributed by atoms with Gasteiger partial charge in [-0.25, -0.2) is 0 Å². The molecule has 13 heavy (non-hydrogen) atoms. The molecule has 0 N–H and O–H groups in total. The summed E-state index contributed by atoms with van der Waals surface area (Å²) in [5.41, 5.74) is 0.303. The highest BCUT2D eigenvalue weighted by molar-refractivity contribution is 5.83. The van der Waals surface area contributed by atoms with E-state index in [4.69, 9.17) is 0 Å². The first-order chi connectivity index (χ1) is 6.29. The molecule has 64 valence electrons. The van der Waals surface area contributed by atoms with E-state index in [1.807, 2.05) is 0 Å². The molecule has 0 saturated heterocycles. The maximum Gasteiger partial charge on any atom is 0.403 e. The molecule has 0 aromatic carbocycles. The van der Waals surface area contributed by atoms with Gasteiger partial charge in [0, 0.05) is 0 Å². The molecule has 0 aliphatic carbocycles. The largest absolute Gasteiger partial charge is 0.403 e. The Balaban J connectivity index is 2.83. The normalized spacial score (nSPS) is 10.2. The van der Waals surface area contributed by atoms with E-state index in [1.54, 1.807) is 0 Å². The van der Waals surface area contributed by atoms with E-state index in [0.29, 0.717) is 5.52 Å². The quantitative estimate of drug-likeness (QED) is 0.436. The van der Waals surface area contributed by atoms with Crippen LogP contribution in [0.25, 0.3) is 10.9 Å². The molecule has 0 bridgehead atoms. The summed E-state index contributed by atoms with van der Waals surface area (Å²) in [7, 11) is 0. The van der Waals surface area contributed by atoms with Gasteiger partial charge in [-0.3, -0.25) is 0 Å². The summed E-state index contributed by atoms with van der Waals surface area (Å²) < 4.78 is 0. The van der Waals surface area contributed by atoms with E-state index in [9.17, 15) is 10.1 Å². The van der Waals surface area contributed by atoms with Crippen LogP contribution in [-0.4, -0.2) is 30.5 Å². The lowest BCUT2D eigenvalue weighted by Crippen LogP contribution is -1.98. The van der Waals surface area contributed by atoms with Crippen LogP contribution >= 0.6 is 0 Å². The Morgan fingerprint density at radius 1 is 1.23 bits per heavy atom. The van der Waals surface area contributed by atoms with Gasteiger partial charge in [-0.1, -0.05) is 0 Å². The molecule has 0 unspecified atom stereocenters. The first-order valence-electron chi connectivity index (χ1n) is 3.23. The molecule has 8 heteroatoms. The number of hydrogen-bond donors (Lipinski definition) is 0. The predicted octanol–water partition coefficient (Wildman–Crippen LogP) is -0.277. The maximum absolute atomic E-state index is 10.4. The lowest BCUT2D eigenvalue weighted by molar-refractivity contribution is -0.388. The topological polar surface area (TPSA) is 108 Å². The van der Waals surface area contributed by atoms with Crippen molar-refractivity contribution in [2.45, 2.75) is 0 Å². The minimum Gasteiger partial charge on any atom is -0.358 e. The number of aromatic nitrogens is 5. The highest BCUT2D eigenvalue weighted by atomic mass is 16.6. The smallest absolute Gasteiger partial charge is 0.358 e. The minimum atomic E-state index is -0.640. The molecule has 8 nitrogen and oxygen atoms in total. The van der Waals surface area contributed by atoms with Gasteiger partial charge in [0.2, 0.25) is 0 Å². The van der Waals surface area contributed by atoms with Crippen LogP contribution in [0, 0.1) is 10.1 Å². The van der Waals surface area contributed by atoms with Crippen LogP contribution in [0.4, 0.5) is 5.82 Å². The van der Waals surface area contributed by atoms with Crippen molar-refractivity contribution in [2.24, 2.45) is 0 Å². The van der Waals surface area contributed by atoms with Gasteiger partial charge in [0.1, 0.15) is 16.0 Å². The van der Waals surface area contributed by atoms with E-state index in [-0.39, 0.29) is 11.2 Å². The Morgan fingerprint density at radius 2 is 2.00 bits per heavy atom. The maximum atomic E-state index is 10.4. The lowest BCUT2D eigenvalue weighted by Gasteiger charge is -1.92. The molecule has 2 aromatic heterocycles. The fourth-order valence-corrected chi connectivity index (χ4v) is 0.868. The summed E-state index contributed by atoms with van der Waals surface area (Å²) in [6.07, 6.45) is 2.52. The van der Waals surface area contributed by atoms with Gasteiger partial charge in [-0.2, -0.15) is 10.2 Å². The fourth-order valence-electron chi connectivity index (χ4n) is 0.868. The Kier molecular flexibility index (Phi) is 1.51. The van der Waals surface area contributed by atoms with Crippen LogP contribution in [0.5, 0.6) is 0 Å². The zero-order chi connectivity index (χ0) is 9.26. The summed E-state index contributed by atoms with van der Waals surface area (Å²) in [4.78, 5) is 9.80. The Labute approximate surface area is 70.8 Å². The van der Waals surface area contributed by atoms with E-state index >= 15 is 0 Å². The Morgan fingerprint density at radius 3 is 2.77 bits per heavy atom. The Bertz CT molecular complexity index is 466. The van der Waals surface area contributed by atoms with Crippen molar-refractivity contribution in [1.29, 1.82) is 0 Å². The van der Waals surface area contributed by atoms with Crippen molar-refractivity contribution >= 4 is 16.7 Å². The monoisotopic (exact) mass is 178 g/mol. The average molecular weight is 178 g/mol. The van der Waals surface area contributed by atoms with Crippen molar-refractivity contribution in [3.63, 3.8) is 0 Å². The van der Waals surface area contributed by atoms with E-state index in [1.165, 1.54) is 12.4 Å². The number of fused-ring (bicyclic) bond motifs is 1. The van der Waals surface area contributed by atoms with E-state index in [2.05, 4.69) is 25.6 Å². The van der Waals surface area contributed by atoms with Gasteiger partial charge >= 0.3 is 5.82 Å². The van der Waals surface area contributed by atoms with Crippen LogP contribution in [0.2, 0.25) is 0 Å². The summed E-state index contributed by atoms with van der Waals surface area (Å²) in [6.45, 7) is 0. The van der Waals surface area contributed by atoms with E-state index in [0.717, 1.165) is 0 Å². The van der Waals surface area contributed by atoms with Crippen LogP contribution in [-0.2, 0) is 0 Å². The summed E-state index contributed by atoms with van der Waals surface area (Å²) in [5.74, 6) is -0.361. The third kappa shape index (κ3) is 1.13. The van der Waals surface area contributed by atoms with Crippen LogP contribution in [0.1, 0.15) is 0 Å². The van der Waals surface area contributed by atoms with Gasteiger partial charge < -0.3 is 10.1 Å². The molecule has 0 atom stereocenters. The van der Waals surface area contributed by atoms with Crippen LogP contribution in [0.3, 0.4) is 0 Å². The zero-order valence-corrected chi connectivity index (χ0v) is 6.15. The van der Waals surface area contributed by atoms with Gasteiger partial charge in [-0.15, -0.1) is 5.10 Å². The molecular weight excluding hydrogens is 176 g/mol. The zero-order valence-electron chi connectivity index (χ0n) is 6.15. The number of nitro groups is 1. The Hall–Kier alpha value is -2.25. The lowest BCUT2D eigenvalue weighted by atomic mass is 10.3. The standard InChI is InChI=1S/C5H2N6O2/c12-11(13)5-3-1-6-7-2-4(3)8-10-9-5/h1-2H. The first-order valence-corrected chi connectivity index (χ1v) is 3.23. The molecule has 0 aliphatic rings. The highest BCUT2D eigenvalue weighted by Gasteiger charge is 2.15. The highest BCUT2D eigenvalue weighted by Crippen LogP contribution is 2.16. The first kappa shape index (κ1) is 7.40. The van der Waals surface area contributed by atoms with Gasteiger partial charge in [0.25, 0.3) is 0 Å². The van der Waals surface area contributed by atoms with E-state index < -0.39 is 4.92 Å². The second-order valence-corrected chi connectivity index (χ2v) is 2.16. The van der Waals surface area contributed by atoms with Crippen LogP contribution in [0.15, 0.2) is 12.4 Å². The summed E-state index contributed by atoms with van der Waals surface area (Å²) >= 11 is 0. The van der Waals surface area contributed by atoms with Crippen LogP contribution < -0.4 is 0 Å². The number of nitrogens with zero attached hydrogens (tertiary/aromatic N) is 6. The summed E-state index contributed by atoms with van der Waals surface area (Å²) in [6, 6.07) is 0. The SMILES string of the molecule is O=[N+]([O-])c1nnnc2cnncc12. The van der Waals surface area contributed by atoms with Crippen molar-refractivity contribution in [3.05, 3.63) is 22.5 Å². The molecule has 0 aliphatic heterocycles. The minimum absolute atomic E-state index is 0.231. The van der Waals surface area contributed by atoms with Gasteiger partial charge in [-0.05, 0) is 4.92 Å². The third-order valence-electron chi connectivity index (χ3n) is 1.42. The molecule has 2 rings (SSSR count). The molecule has 0 spiro atoms. The summed E-state index contributed by atoms with van der Waals surface area (Å²) in [5, 5.41) is 27.7. The average Bonchev–Trinajstić information content (AvgIpc) is 2.17. The predicted molar refractivity (Wildman–Crippen MR) is 39.6 cm³/mol. The molecule has 0 amide bonds. The van der Waals surface area contributed by atoms with Crippen molar-refractivity contribution in [3.8, 4) is 0 Å². The second-order valence-electron chi connectivity index (χ2n) is 2.16. The number of hydrogen-bond acceptors (Lipinski definition) is 7. The fraction of sp³-hybridized carbons (Fsp3) is 0. The van der Waals surface area contributed by atoms with Crippen molar-refractivity contribution in [2.75, 3.05) is 0 Å². The molecular formula is C5H2N6O2.